The zero-order chi connectivity index (χ0) is 18.5. The first-order valence-electron chi connectivity index (χ1n) is 7.62. The Morgan fingerprint density at radius 1 is 1.35 bits per heavy atom. The highest BCUT2D eigenvalue weighted by Gasteiger charge is 2.19. The molecule has 0 fully saturated rings. The standard InChI is InChI=1S/C17H15N5O4/c1-26-17(23)13-8-15(22(24)25)16(20-10-13)19-9-12-2-4-14(5-3-12)21-7-6-18-11-21/h2-8,10-11H,9H2,1H3,(H,19,20). The van der Waals surface area contributed by atoms with Crippen LogP contribution >= 0.6 is 0 Å². The minimum absolute atomic E-state index is 0.0226. The minimum Gasteiger partial charge on any atom is -0.465 e. The summed E-state index contributed by atoms with van der Waals surface area (Å²) in [5.41, 5.74) is 1.61. The molecular formula is C17H15N5O4. The van der Waals surface area contributed by atoms with Crippen LogP contribution in [0.1, 0.15) is 15.9 Å². The third-order valence-electron chi connectivity index (χ3n) is 3.68. The Kier molecular flexibility index (Phi) is 4.88. The maximum absolute atomic E-state index is 11.5. The van der Waals surface area contributed by atoms with E-state index in [1.165, 1.54) is 13.3 Å². The van der Waals surface area contributed by atoms with Gasteiger partial charge in [-0.15, -0.1) is 0 Å². The highest BCUT2D eigenvalue weighted by atomic mass is 16.6. The van der Waals surface area contributed by atoms with Crippen molar-refractivity contribution in [1.29, 1.82) is 0 Å². The Morgan fingerprint density at radius 3 is 2.73 bits per heavy atom. The Bertz CT molecular complexity index is 923. The lowest BCUT2D eigenvalue weighted by atomic mass is 10.2. The Hall–Kier alpha value is -3.75. The molecule has 0 spiro atoms. The fourth-order valence-electron chi connectivity index (χ4n) is 2.34. The van der Waals surface area contributed by atoms with E-state index in [1.807, 2.05) is 35.0 Å². The first kappa shape index (κ1) is 17.1. The van der Waals surface area contributed by atoms with Crippen LogP contribution in [0.15, 0.2) is 55.2 Å². The number of hydrogen-bond donors (Lipinski definition) is 1. The molecule has 0 atom stereocenters. The molecule has 0 aliphatic rings. The third-order valence-corrected chi connectivity index (χ3v) is 3.68. The monoisotopic (exact) mass is 353 g/mol. The lowest BCUT2D eigenvalue weighted by Crippen LogP contribution is -2.08. The van der Waals surface area contributed by atoms with E-state index in [1.54, 1.807) is 12.5 Å². The SMILES string of the molecule is COC(=O)c1cnc(NCc2ccc(-n3ccnc3)cc2)c([N+](=O)[O-])c1. The molecule has 0 saturated heterocycles. The number of carbonyl (C=O) groups is 1. The number of esters is 1. The molecule has 1 aromatic carbocycles. The predicted molar refractivity (Wildman–Crippen MR) is 93.1 cm³/mol. The van der Waals surface area contributed by atoms with Crippen molar-refractivity contribution in [2.75, 3.05) is 12.4 Å². The summed E-state index contributed by atoms with van der Waals surface area (Å²) in [6.07, 6.45) is 6.47. The molecule has 0 unspecified atom stereocenters. The summed E-state index contributed by atoms with van der Waals surface area (Å²) in [6.45, 7) is 0.343. The average Bonchev–Trinajstić information content (AvgIpc) is 3.20. The number of carbonyl (C=O) groups excluding carboxylic acids is 1. The molecule has 0 amide bonds. The van der Waals surface area contributed by atoms with E-state index in [4.69, 9.17) is 0 Å². The lowest BCUT2D eigenvalue weighted by Gasteiger charge is -2.08. The quantitative estimate of drug-likeness (QED) is 0.412. The van der Waals surface area contributed by atoms with Crippen LogP contribution in [0.2, 0.25) is 0 Å². The van der Waals surface area contributed by atoms with Gasteiger partial charge in [-0.25, -0.2) is 14.8 Å². The Balaban J connectivity index is 1.74. The van der Waals surface area contributed by atoms with Gasteiger partial charge in [-0.3, -0.25) is 10.1 Å². The topological polar surface area (TPSA) is 112 Å². The number of hydrogen-bond acceptors (Lipinski definition) is 7. The van der Waals surface area contributed by atoms with Gasteiger partial charge >= 0.3 is 11.7 Å². The molecule has 3 aromatic rings. The fourth-order valence-corrected chi connectivity index (χ4v) is 2.34. The van der Waals surface area contributed by atoms with Crippen molar-refractivity contribution in [2.45, 2.75) is 6.54 Å². The maximum Gasteiger partial charge on any atom is 0.339 e. The molecule has 0 aliphatic carbocycles. The second kappa shape index (κ2) is 7.43. The van der Waals surface area contributed by atoms with Crippen LogP contribution in [0, 0.1) is 10.1 Å². The summed E-state index contributed by atoms with van der Waals surface area (Å²) in [7, 11) is 1.20. The smallest absolute Gasteiger partial charge is 0.339 e. The van der Waals surface area contributed by atoms with Crippen molar-refractivity contribution in [3.63, 3.8) is 0 Å². The molecule has 0 aliphatic heterocycles. The number of methoxy groups -OCH3 is 1. The van der Waals surface area contributed by atoms with Crippen LogP contribution in [0.4, 0.5) is 11.5 Å². The zero-order valence-electron chi connectivity index (χ0n) is 13.8. The zero-order valence-corrected chi connectivity index (χ0v) is 13.8. The number of rotatable bonds is 6. The summed E-state index contributed by atoms with van der Waals surface area (Å²) in [5.74, 6) is -0.594. The summed E-state index contributed by atoms with van der Waals surface area (Å²) in [6, 6.07) is 8.78. The largest absolute Gasteiger partial charge is 0.465 e. The molecule has 132 valence electrons. The molecule has 26 heavy (non-hydrogen) atoms. The molecule has 0 radical (unpaired) electrons. The highest BCUT2D eigenvalue weighted by Crippen LogP contribution is 2.24. The van der Waals surface area contributed by atoms with Crippen LogP contribution in [0.25, 0.3) is 5.69 Å². The fraction of sp³-hybridized carbons (Fsp3) is 0.118. The number of nitro groups is 1. The van der Waals surface area contributed by atoms with E-state index < -0.39 is 10.9 Å². The molecule has 2 heterocycles. The molecule has 0 bridgehead atoms. The van der Waals surface area contributed by atoms with Crippen LogP contribution in [-0.4, -0.2) is 32.5 Å². The first-order chi connectivity index (χ1) is 12.6. The van der Waals surface area contributed by atoms with Crippen molar-refractivity contribution < 1.29 is 14.5 Å². The van der Waals surface area contributed by atoms with Gasteiger partial charge in [0.1, 0.15) is 0 Å². The van der Waals surface area contributed by atoms with E-state index in [-0.39, 0.29) is 17.1 Å². The van der Waals surface area contributed by atoms with E-state index in [0.717, 1.165) is 17.3 Å². The number of ether oxygens (including phenoxy) is 1. The van der Waals surface area contributed by atoms with Gasteiger partial charge in [-0.1, -0.05) is 12.1 Å². The van der Waals surface area contributed by atoms with Gasteiger partial charge in [-0.2, -0.15) is 0 Å². The van der Waals surface area contributed by atoms with E-state index in [2.05, 4.69) is 20.0 Å². The van der Waals surface area contributed by atoms with Crippen LogP contribution in [0.3, 0.4) is 0 Å². The van der Waals surface area contributed by atoms with Crippen molar-refractivity contribution in [2.24, 2.45) is 0 Å². The highest BCUT2D eigenvalue weighted by molar-refractivity contribution is 5.90. The van der Waals surface area contributed by atoms with Crippen LogP contribution in [-0.2, 0) is 11.3 Å². The molecule has 2 aromatic heterocycles. The molecule has 1 N–H and O–H groups in total. The van der Waals surface area contributed by atoms with Gasteiger partial charge in [0.05, 0.1) is 23.9 Å². The molecule has 3 rings (SSSR count). The van der Waals surface area contributed by atoms with Crippen molar-refractivity contribution in [3.05, 3.63) is 76.5 Å². The molecule has 9 nitrogen and oxygen atoms in total. The third kappa shape index (κ3) is 3.66. The van der Waals surface area contributed by atoms with Crippen LogP contribution in [0.5, 0.6) is 0 Å². The average molecular weight is 353 g/mol. The number of aromatic nitrogens is 3. The number of pyridine rings is 1. The van der Waals surface area contributed by atoms with E-state index in [0.29, 0.717) is 6.54 Å². The maximum atomic E-state index is 11.5. The summed E-state index contributed by atoms with van der Waals surface area (Å²) in [4.78, 5) is 30.1. The molecule has 0 saturated carbocycles. The van der Waals surface area contributed by atoms with Gasteiger partial charge in [-0.05, 0) is 17.7 Å². The van der Waals surface area contributed by atoms with Gasteiger partial charge < -0.3 is 14.6 Å². The van der Waals surface area contributed by atoms with Gasteiger partial charge in [0.25, 0.3) is 0 Å². The summed E-state index contributed by atoms with van der Waals surface area (Å²) >= 11 is 0. The van der Waals surface area contributed by atoms with Gasteiger partial charge in [0.2, 0.25) is 5.82 Å². The Morgan fingerprint density at radius 2 is 2.12 bits per heavy atom. The van der Waals surface area contributed by atoms with E-state index in [9.17, 15) is 14.9 Å². The number of nitrogens with one attached hydrogen (secondary N) is 1. The molecule has 9 heteroatoms. The van der Waals surface area contributed by atoms with Gasteiger partial charge in [0.15, 0.2) is 0 Å². The van der Waals surface area contributed by atoms with Crippen molar-refractivity contribution >= 4 is 17.5 Å². The first-order valence-corrected chi connectivity index (χ1v) is 7.62. The van der Waals surface area contributed by atoms with Crippen molar-refractivity contribution in [1.82, 2.24) is 14.5 Å². The van der Waals surface area contributed by atoms with E-state index >= 15 is 0 Å². The summed E-state index contributed by atoms with van der Waals surface area (Å²) in [5, 5.41) is 14.2. The second-order valence-electron chi connectivity index (χ2n) is 5.33. The lowest BCUT2D eigenvalue weighted by molar-refractivity contribution is -0.384. The Labute approximate surface area is 148 Å². The minimum atomic E-state index is -0.678. The van der Waals surface area contributed by atoms with Crippen LogP contribution < -0.4 is 5.32 Å². The normalized spacial score (nSPS) is 10.3. The second-order valence-corrected chi connectivity index (χ2v) is 5.33. The predicted octanol–water partition coefficient (Wildman–Crippen LogP) is 2.57. The van der Waals surface area contributed by atoms with Gasteiger partial charge in [0, 0.05) is 36.9 Å². The number of nitrogens with zero attached hydrogens (tertiary/aromatic N) is 4. The number of anilines is 1. The van der Waals surface area contributed by atoms with Crippen molar-refractivity contribution in [3.8, 4) is 5.69 Å². The summed E-state index contributed by atoms with van der Waals surface area (Å²) < 4.78 is 6.42. The number of imidazole rings is 1. The number of benzene rings is 1. The molecular weight excluding hydrogens is 338 g/mol.